The van der Waals surface area contributed by atoms with Gasteiger partial charge in [0.05, 0.1) is 23.9 Å². The van der Waals surface area contributed by atoms with Crippen LogP contribution in [0.2, 0.25) is 0 Å². The molecule has 0 aliphatic rings. The Bertz CT molecular complexity index is 1010. The quantitative estimate of drug-likeness (QED) is 0.121. The van der Waals surface area contributed by atoms with Gasteiger partial charge >= 0.3 is 0 Å². The lowest BCUT2D eigenvalue weighted by Crippen LogP contribution is -2.18. The number of aryl methyl sites for hydroxylation is 1. The molecule has 0 atom stereocenters. The van der Waals surface area contributed by atoms with Gasteiger partial charge < -0.3 is 9.47 Å². The Morgan fingerprint density at radius 2 is 1.48 bits per heavy atom. The van der Waals surface area contributed by atoms with Crippen LogP contribution in [0.3, 0.4) is 0 Å². The van der Waals surface area contributed by atoms with E-state index >= 15 is 0 Å². The van der Waals surface area contributed by atoms with Crippen LogP contribution in [0.1, 0.15) is 60.9 Å². The highest BCUT2D eigenvalue weighted by Gasteiger charge is 2.14. The molecular weight excluding hydrogens is 434 g/mol. The van der Waals surface area contributed by atoms with Crippen LogP contribution in [0.25, 0.3) is 11.3 Å². The summed E-state index contributed by atoms with van der Waals surface area (Å²) in [7, 11) is 0. The molecule has 3 rings (SSSR count). The summed E-state index contributed by atoms with van der Waals surface area (Å²) in [5, 5.41) is 17.4. The molecule has 1 heterocycles. The van der Waals surface area contributed by atoms with Crippen molar-refractivity contribution in [2.75, 3.05) is 13.2 Å². The van der Waals surface area contributed by atoms with Gasteiger partial charge in [-0.05, 0) is 87.1 Å². The number of ether oxygens (including phenoxy) is 2. The second-order valence-electron chi connectivity index (χ2n) is 8.25. The van der Waals surface area contributed by atoms with E-state index in [0.29, 0.717) is 24.7 Å². The van der Waals surface area contributed by atoms with Gasteiger partial charge in [0.25, 0.3) is 0 Å². The van der Waals surface area contributed by atoms with Crippen LogP contribution in [-0.2, 0) is 0 Å². The van der Waals surface area contributed by atoms with Crippen LogP contribution in [0.15, 0.2) is 48.5 Å². The van der Waals surface area contributed by atoms with Crippen LogP contribution in [0.4, 0.5) is 0 Å². The molecule has 0 aliphatic carbocycles. The third kappa shape index (κ3) is 7.30. The fraction of sp³-hybridized carbons (Fsp3) is 0.385. The van der Waals surface area contributed by atoms with Crippen molar-refractivity contribution in [2.24, 2.45) is 0 Å². The van der Waals surface area contributed by atoms with Crippen LogP contribution < -0.4 is 15.0 Å². The molecule has 0 saturated heterocycles. The van der Waals surface area contributed by atoms with Crippen molar-refractivity contribution in [1.82, 2.24) is 10.5 Å². The van der Waals surface area contributed by atoms with E-state index in [0.717, 1.165) is 53.4 Å². The van der Waals surface area contributed by atoms with Gasteiger partial charge in [-0.25, -0.2) is 4.98 Å². The third-order valence-corrected chi connectivity index (χ3v) is 6.51. The largest absolute Gasteiger partial charge is 0.494 e. The number of nitrogens with zero attached hydrogens (tertiary/aromatic N) is 1. The number of benzene rings is 2. The number of amidine groups is 1. The predicted octanol–water partition coefficient (Wildman–Crippen LogP) is 6.56. The summed E-state index contributed by atoms with van der Waals surface area (Å²) >= 11 is 1.78. The molecule has 0 radical (unpaired) electrons. The second kappa shape index (κ2) is 12.4. The van der Waals surface area contributed by atoms with Gasteiger partial charge in [-0.2, -0.15) is 0 Å². The minimum Gasteiger partial charge on any atom is -0.494 e. The van der Waals surface area contributed by atoms with Crippen molar-refractivity contribution in [3.63, 3.8) is 0 Å². The molecule has 0 bridgehead atoms. The summed E-state index contributed by atoms with van der Waals surface area (Å²) < 4.78 is 11.6. The number of nitrogens with one attached hydrogen (secondary N) is 2. The molecule has 6 nitrogen and oxygen atoms in total. The molecule has 0 spiro atoms. The Morgan fingerprint density at radius 3 is 2.00 bits per heavy atom. The summed E-state index contributed by atoms with van der Waals surface area (Å²) in [6.45, 7) is 7.85. The smallest absolute Gasteiger partial charge is 0.149 e. The monoisotopic (exact) mass is 467 g/mol. The molecular formula is C26H33N3O3S. The Morgan fingerprint density at radius 1 is 0.939 bits per heavy atom. The van der Waals surface area contributed by atoms with E-state index in [2.05, 4.69) is 32.9 Å². The minimum atomic E-state index is -0.0328. The highest BCUT2D eigenvalue weighted by atomic mass is 32.1. The van der Waals surface area contributed by atoms with E-state index in [-0.39, 0.29) is 5.84 Å². The molecule has 0 saturated carbocycles. The first kappa shape index (κ1) is 24.7. The van der Waals surface area contributed by atoms with Crippen LogP contribution in [-0.4, -0.2) is 29.2 Å². The van der Waals surface area contributed by atoms with Crippen molar-refractivity contribution >= 4 is 17.2 Å². The normalized spacial score (nSPS) is 10.9. The van der Waals surface area contributed by atoms with E-state index in [1.165, 1.54) is 4.88 Å². The van der Waals surface area contributed by atoms with Gasteiger partial charge in [0.15, 0.2) is 0 Å². The van der Waals surface area contributed by atoms with E-state index < -0.39 is 0 Å². The van der Waals surface area contributed by atoms with Crippen molar-refractivity contribution in [3.8, 4) is 22.8 Å². The fourth-order valence-electron chi connectivity index (χ4n) is 3.47. The van der Waals surface area contributed by atoms with E-state index in [1.807, 2.05) is 17.6 Å². The Labute approximate surface area is 200 Å². The zero-order chi connectivity index (χ0) is 23.6. The number of thiazole rings is 1. The Balaban J connectivity index is 1.31. The topological polar surface area (TPSA) is 87.5 Å². The molecule has 0 aliphatic heterocycles. The van der Waals surface area contributed by atoms with Gasteiger partial charge in [0.2, 0.25) is 0 Å². The fourth-order valence-corrected chi connectivity index (χ4v) is 4.42. The number of hydrogen-bond acceptors (Lipinski definition) is 6. The molecule has 176 valence electrons. The summed E-state index contributed by atoms with van der Waals surface area (Å²) in [6, 6.07) is 15.4. The summed E-state index contributed by atoms with van der Waals surface area (Å²) in [5.41, 5.74) is 4.69. The van der Waals surface area contributed by atoms with Crippen molar-refractivity contribution in [2.45, 2.75) is 52.4 Å². The Hall–Kier alpha value is -2.90. The number of aromatic nitrogens is 1. The standard InChI is InChI=1S/C26H33N3O3S/c1-18(2)25-24(28-19(3)33-25)20-8-12-22(13-9-20)31-16-6-4-5-7-17-32-23-14-10-21(11-15-23)26(27)29-30/h8-15,18,30H,4-7,16-17H2,1-3H3,(H2,27,29). The molecule has 3 aromatic rings. The first-order valence-electron chi connectivity index (χ1n) is 11.4. The first-order valence-corrected chi connectivity index (χ1v) is 12.2. The van der Waals surface area contributed by atoms with Gasteiger partial charge in [0, 0.05) is 16.0 Å². The molecule has 3 N–H and O–H groups in total. The van der Waals surface area contributed by atoms with E-state index in [9.17, 15) is 0 Å². The highest BCUT2D eigenvalue weighted by molar-refractivity contribution is 7.12. The second-order valence-corrected chi connectivity index (χ2v) is 9.48. The maximum atomic E-state index is 8.75. The van der Waals surface area contributed by atoms with Crippen molar-refractivity contribution in [1.29, 1.82) is 5.41 Å². The summed E-state index contributed by atoms with van der Waals surface area (Å²) in [6.07, 6.45) is 4.17. The lowest BCUT2D eigenvalue weighted by Gasteiger charge is -2.09. The lowest BCUT2D eigenvalue weighted by atomic mass is 10.1. The summed E-state index contributed by atoms with van der Waals surface area (Å²) in [5.74, 6) is 2.10. The van der Waals surface area contributed by atoms with E-state index in [4.69, 9.17) is 25.1 Å². The number of rotatable bonds is 12. The predicted molar refractivity (Wildman–Crippen MR) is 134 cm³/mol. The van der Waals surface area contributed by atoms with Crippen molar-refractivity contribution in [3.05, 3.63) is 64.0 Å². The maximum Gasteiger partial charge on any atom is 0.149 e. The molecule has 7 heteroatoms. The minimum absolute atomic E-state index is 0.0328. The third-order valence-electron chi connectivity index (χ3n) is 5.24. The summed E-state index contributed by atoms with van der Waals surface area (Å²) in [4.78, 5) is 6.06. The van der Waals surface area contributed by atoms with Gasteiger partial charge in [-0.1, -0.05) is 13.8 Å². The molecule has 0 unspecified atom stereocenters. The molecule has 0 amide bonds. The molecule has 1 aromatic heterocycles. The average Bonchev–Trinajstić information content (AvgIpc) is 3.23. The molecule has 33 heavy (non-hydrogen) atoms. The van der Waals surface area contributed by atoms with Gasteiger partial charge in [-0.15, -0.1) is 11.3 Å². The van der Waals surface area contributed by atoms with Crippen LogP contribution >= 0.6 is 11.3 Å². The van der Waals surface area contributed by atoms with Crippen molar-refractivity contribution < 1.29 is 14.7 Å². The molecule has 2 aromatic carbocycles. The number of unbranched alkanes of at least 4 members (excludes halogenated alkanes) is 3. The Kier molecular flexibility index (Phi) is 9.27. The number of hydroxylamine groups is 1. The van der Waals surface area contributed by atoms with Gasteiger partial charge in [0.1, 0.15) is 17.3 Å². The van der Waals surface area contributed by atoms with Gasteiger partial charge in [-0.3, -0.25) is 16.1 Å². The zero-order valence-corrected chi connectivity index (χ0v) is 20.4. The first-order chi connectivity index (χ1) is 16.0. The zero-order valence-electron chi connectivity index (χ0n) is 19.6. The average molecular weight is 468 g/mol. The lowest BCUT2D eigenvalue weighted by molar-refractivity contribution is 0.234. The molecule has 0 fully saturated rings. The number of hydrogen-bond donors (Lipinski definition) is 3. The maximum absolute atomic E-state index is 8.75. The van der Waals surface area contributed by atoms with E-state index in [1.54, 1.807) is 35.6 Å². The van der Waals surface area contributed by atoms with Crippen LogP contribution in [0.5, 0.6) is 11.5 Å². The van der Waals surface area contributed by atoms with Crippen LogP contribution in [0, 0.1) is 12.3 Å². The highest BCUT2D eigenvalue weighted by Crippen LogP contribution is 2.34. The SMILES string of the molecule is Cc1nc(-c2ccc(OCCCCCCOc3ccc(C(=N)NO)cc3)cc2)c(C(C)C)s1.